The number of amidine groups is 1. The summed E-state index contributed by atoms with van der Waals surface area (Å²) in [6.07, 6.45) is -4.37. The molecule has 136 valence electrons. The second kappa shape index (κ2) is 7.49. The maximum Gasteiger partial charge on any atom is 0.416 e. The van der Waals surface area contributed by atoms with E-state index in [4.69, 9.17) is 0 Å². The molecule has 2 aromatic rings. The van der Waals surface area contributed by atoms with Gasteiger partial charge in [0.15, 0.2) is 5.17 Å². The van der Waals surface area contributed by atoms with E-state index in [-0.39, 0.29) is 11.5 Å². The van der Waals surface area contributed by atoms with Gasteiger partial charge in [-0.1, -0.05) is 30.0 Å². The van der Waals surface area contributed by atoms with E-state index in [1.165, 1.54) is 53.1 Å². The van der Waals surface area contributed by atoms with Crippen LogP contribution in [0.1, 0.15) is 21.5 Å². The van der Waals surface area contributed by atoms with Gasteiger partial charge < -0.3 is 0 Å². The Balaban J connectivity index is 1.65. The molecule has 0 fully saturated rings. The molecule has 0 spiro atoms. The van der Waals surface area contributed by atoms with E-state index in [9.17, 15) is 22.4 Å². The zero-order valence-corrected chi connectivity index (χ0v) is 14.3. The summed E-state index contributed by atoms with van der Waals surface area (Å²) in [5, 5.41) is 0.485. The van der Waals surface area contributed by atoms with Crippen molar-refractivity contribution in [1.82, 2.24) is 4.90 Å². The minimum absolute atomic E-state index is 0.231. The second-order valence-corrected chi connectivity index (χ2v) is 6.56. The maximum absolute atomic E-state index is 13.3. The molecule has 0 radical (unpaired) electrons. The van der Waals surface area contributed by atoms with Crippen molar-refractivity contribution < 1.29 is 22.4 Å². The van der Waals surface area contributed by atoms with Gasteiger partial charge in [0.05, 0.1) is 12.1 Å². The highest BCUT2D eigenvalue weighted by Gasteiger charge is 2.30. The van der Waals surface area contributed by atoms with Gasteiger partial charge in [0.25, 0.3) is 5.91 Å². The van der Waals surface area contributed by atoms with Gasteiger partial charge in [-0.15, -0.1) is 0 Å². The lowest BCUT2D eigenvalue weighted by molar-refractivity contribution is -0.137. The number of rotatable bonds is 3. The third-order valence-electron chi connectivity index (χ3n) is 3.77. The number of thioether (sulfide) groups is 1. The van der Waals surface area contributed by atoms with Crippen molar-refractivity contribution in [2.75, 3.05) is 13.1 Å². The monoisotopic (exact) mass is 382 g/mol. The molecule has 0 atom stereocenters. The molecule has 0 aliphatic carbocycles. The van der Waals surface area contributed by atoms with Crippen molar-refractivity contribution in [1.29, 1.82) is 0 Å². The van der Waals surface area contributed by atoms with Crippen LogP contribution in [-0.4, -0.2) is 29.1 Å². The summed E-state index contributed by atoms with van der Waals surface area (Å²) in [6, 6.07) is 10.3. The van der Waals surface area contributed by atoms with E-state index >= 15 is 0 Å². The molecular formula is C18H14F4N2OS. The summed E-state index contributed by atoms with van der Waals surface area (Å²) >= 11 is 1.27. The number of halogens is 4. The number of hydrogen-bond acceptors (Lipinski definition) is 3. The van der Waals surface area contributed by atoms with Crippen LogP contribution in [0.2, 0.25) is 0 Å². The van der Waals surface area contributed by atoms with E-state index in [1.807, 2.05) is 0 Å². The molecule has 8 heteroatoms. The number of carbonyl (C=O) groups is 1. The van der Waals surface area contributed by atoms with Crippen molar-refractivity contribution in [2.45, 2.75) is 11.9 Å². The average molecular weight is 382 g/mol. The van der Waals surface area contributed by atoms with Crippen LogP contribution in [0.15, 0.2) is 53.5 Å². The van der Waals surface area contributed by atoms with Gasteiger partial charge in [0.1, 0.15) is 5.82 Å². The first kappa shape index (κ1) is 18.4. The first-order chi connectivity index (χ1) is 12.3. The van der Waals surface area contributed by atoms with Crippen LogP contribution >= 0.6 is 11.8 Å². The molecule has 1 aliphatic heterocycles. The highest BCUT2D eigenvalue weighted by atomic mass is 32.2. The predicted octanol–water partition coefficient (Wildman–Crippen LogP) is 4.59. The number of amides is 1. The van der Waals surface area contributed by atoms with Gasteiger partial charge in [-0.25, -0.2) is 4.39 Å². The van der Waals surface area contributed by atoms with Gasteiger partial charge in [-0.05, 0) is 35.9 Å². The molecule has 0 N–H and O–H groups in total. The highest BCUT2D eigenvalue weighted by molar-refractivity contribution is 8.13. The largest absolute Gasteiger partial charge is 0.416 e. The Hall–Kier alpha value is -2.35. The third-order valence-corrected chi connectivity index (χ3v) is 4.85. The smallest absolute Gasteiger partial charge is 0.286 e. The Kier molecular flexibility index (Phi) is 5.31. The van der Waals surface area contributed by atoms with Crippen molar-refractivity contribution >= 4 is 22.8 Å². The predicted molar refractivity (Wildman–Crippen MR) is 92.5 cm³/mol. The first-order valence-electron chi connectivity index (χ1n) is 7.75. The molecular weight excluding hydrogens is 368 g/mol. The lowest BCUT2D eigenvalue weighted by Crippen LogP contribution is -2.32. The van der Waals surface area contributed by atoms with E-state index in [0.717, 1.165) is 12.1 Å². The molecule has 0 saturated heterocycles. The number of nitrogens with zero attached hydrogens (tertiary/aromatic N) is 2. The maximum atomic E-state index is 13.3. The fourth-order valence-corrected chi connectivity index (χ4v) is 3.45. The third kappa shape index (κ3) is 4.24. The topological polar surface area (TPSA) is 32.7 Å². The Labute approximate surface area is 151 Å². The average Bonchev–Trinajstić information content (AvgIpc) is 3.07. The van der Waals surface area contributed by atoms with Gasteiger partial charge in [0.2, 0.25) is 0 Å². The quantitative estimate of drug-likeness (QED) is 0.728. The molecule has 1 aliphatic rings. The van der Waals surface area contributed by atoms with Crippen molar-refractivity contribution in [3.05, 3.63) is 71.0 Å². The molecule has 0 aromatic heterocycles. The van der Waals surface area contributed by atoms with Crippen LogP contribution in [0.5, 0.6) is 0 Å². The Morgan fingerprint density at radius 2 is 1.88 bits per heavy atom. The molecule has 1 heterocycles. The molecule has 0 bridgehead atoms. The van der Waals surface area contributed by atoms with Crippen LogP contribution in [0, 0.1) is 5.82 Å². The SMILES string of the molecule is O=C(c1cccc(F)c1)N1CCN=C1SCc1ccc(C(F)(F)F)cc1. The standard InChI is InChI=1S/C18H14F4N2OS/c19-15-3-1-2-13(10-15)16(25)24-9-8-23-17(24)26-11-12-4-6-14(7-5-12)18(20,21)22/h1-7,10H,8-9,11H2. The molecule has 0 unspecified atom stereocenters. The van der Waals surface area contributed by atoms with Gasteiger partial charge in [0, 0.05) is 17.9 Å². The molecule has 3 nitrogen and oxygen atoms in total. The molecule has 2 aromatic carbocycles. The van der Waals surface area contributed by atoms with Gasteiger partial charge in [-0.3, -0.25) is 14.7 Å². The lowest BCUT2D eigenvalue weighted by atomic mass is 10.1. The van der Waals surface area contributed by atoms with E-state index in [2.05, 4.69) is 4.99 Å². The summed E-state index contributed by atoms with van der Waals surface area (Å²) in [4.78, 5) is 18.2. The summed E-state index contributed by atoms with van der Waals surface area (Å²) < 4.78 is 51.1. The van der Waals surface area contributed by atoms with E-state index in [1.54, 1.807) is 0 Å². The van der Waals surface area contributed by atoms with Crippen molar-refractivity contribution in [3.63, 3.8) is 0 Å². The molecule has 0 saturated carbocycles. The minimum atomic E-state index is -4.37. The normalized spacial score (nSPS) is 14.5. The Bertz CT molecular complexity index is 834. The molecule has 26 heavy (non-hydrogen) atoms. The highest BCUT2D eigenvalue weighted by Crippen LogP contribution is 2.30. The van der Waals surface area contributed by atoms with Crippen LogP contribution in [-0.2, 0) is 11.9 Å². The number of hydrogen-bond donors (Lipinski definition) is 0. The van der Waals surface area contributed by atoms with Gasteiger partial charge >= 0.3 is 6.18 Å². The zero-order valence-electron chi connectivity index (χ0n) is 13.5. The first-order valence-corrected chi connectivity index (χ1v) is 8.74. The van der Waals surface area contributed by atoms with Crippen LogP contribution in [0.25, 0.3) is 0 Å². The lowest BCUT2D eigenvalue weighted by Gasteiger charge is -2.18. The van der Waals surface area contributed by atoms with Crippen molar-refractivity contribution in [2.24, 2.45) is 4.99 Å². The van der Waals surface area contributed by atoms with Gasteiger partial charge in [-0.2, -0.15) is 13.2 Å². The van der Waals surface area contributed by atoms with Crippen LogP contribution in [0.4, 0.5) is 17.6 Å². The minimum Gasteiger partial charge on any atom is -0.286 e. The zero-order chi connectivity index (χ0) is 18.7. The summed E-state index contributed by atoms with van der Waals surface area (Å²) in [6.45, 7) is 0.834. The number of aliphatic imine (C=N–C) groups is 1. The number of benzene rings is 2. The van der Waals surface area contributed by atoms with Crippen molar-refractivity contribution in [3.8, 4) is 0 Å². The fourth-order valence-electron chi connectivity index (χ4n) is 2.45. The molecule has 1 amide bonds. The Morgan fingerprint density at radius 3 is 2.54 bits per heavy atom. The summed E-state index contributed by atoms with van der Waals surface area (Å²) in [5.41, 5.74) is 0.220. The van der Waals surface area contributed by atoms with Crippen LogP contribution in [0.3, 0.4) is 0 Å². The summed E-state index contributed by atoms with van der Waals surface area (Å²) in [7, 11) is 0. The number of carbonyl (C=O) groups excluding carboxylic acids is 1. The van der Waals surface area contributed by atoms with Crippen LogP contribution < -0.4 is 0 Å². The molecule has 3 rings (SSSR count). The Morgan fingerprint density at radius 1 is 1.15 bits per heavy atom. The van der Waals surface area contributed by atoms with E-state index in [0.29, 0.717) is 29.6 Å². The second-order valence-electron chi connectivity index (χ2n) is 5.61. The summed E-state index contributed by atoms with van der Waals surface area (Å²) in [5.74, 6) is -0.462. The fraction of sp³-hybridized carbons (Fsp3) is 0.222. The van der Waals surface area contributed by atoms with E-state index < -0.39 is 17.6 Å². The number of alkyl halides is 3.